The third-order valence-corrected chi connectivity index (χ3v) is 5.46. The van der Waals surface area contributed by atoms with Crippen molar-refractivity contribution >= 4 is 23.0 Å². The van der Waals surface area contributed by atoms with Crippen molar-refractivity contribution in [2.45, 2.75) is 18.7 Å². The number of nitro groups is 1. The van der Waals surface area contributed by atoms with Crippen LogP contribution in [0.2, 0.25) is 5.02 Å². The van der Waals surface area contributed by atoms with E-state index in [-0.39, 0.29) is 16.7 Å². The largest absolute Gasteiger partial charge is 0.464 e. The van der Waals surface area contributed by atoms with Crippen molar-refractivity contribution in [3.8, 4) is 5.75 Å². The summed E-state index contributed by atoms with van der Waals surface area (Å²) in [6, 6.07) is 22.0. The van der Waals surface area contributed by atoms with Crippen molar-refractivity contribution in [1.29, 1.82) is 0 Å². The Labute approximate surface area is 172 Å². The van der Waals surface area contributed by atoms with Crippen molar-refractivity contribution in [3.05, 3.63) is 105 Å². The second-order valence-electron chi connectivity index (χ2n) is 7.02. The number of hydrazone groups is 1. The van der Waals surface area contributed by atoms with E-state index in [4.69, 9.17) is 21.4 Å². The molecule has 144 valence electrons. The number of non-ortho nitro benzene ring substituents is 1. The highest BCUT2D eigenvalue weighted by molar-refractivity contribution is 6.30. The molecule has 7 heteroatoms. The van der Waals surface area contributed by atoms with Crippen LogP contribution in [0.3, 0.4) is 0 Å². The monoisotopic (exact) mass is 405 g/mol. The molecule has 2 aliphatic rings. The fraction of sp³-hybridized carbons (Fsp3) is 0.136. The molecule has 0 N–H and O–H groups in total. The average Bonchev–Trinajstić information content (AvgIpc) is 3.19. The van der Waals surface area contributed by atoms with Crippen molar-refractivity contribution in [2.24, 2.45) is 5.10 Å². The van der Waals surface area contributed by atoms with Crippen LogP contribution in [0, 0.1) is 10.1 Å². The van der Waals surface area contributed by atoms with Crippen molar-refractivity contribution in [3.63, 3.8) is 0 Å². The van der Waals surface area contributed by atoms with Gasteiger partial charge in [-0.15, -0.1) is 0 Å². The Balaban J connectivity index is 1.62. The van der Waals surface area contributed by atoms with E-state index < -0.39 is 6.23 Å². The molecule has 3 aromatic carbocycles. The molecule has 0 fully saturated rings. The van der Waals surface area contributed by atoms with Crippen LogP contribution >= 0.6 is 11.6 Å². The van der Waals surface area contributed by atoms with Crippen LogP contribution in [0.5, 0.6) is 5.75 Å². The number of hydrogen-bond donors (Lipinski definition) is 0. The van der Waals surface area contributed by atoms with Gasteiger partial charge in [-0.2, -0.15) is 5.10 Å². The lowest BCUT2D eigenvalue weighted by Gasteiger charge is -2.38. The van der Waals surface area contributed by atoms with E-state index in [1.165, 1.54) is 6.07 Å². The summed E-state index contributed by atoms with van der Waals surface area (Å²) in [5, 5.41) is 18.7. The first-order valence-electron chi connectivity index (χ1n) is 9.22. The van der Waals surface area contributed by atoms with Crippen LogP contribution < -0.4 is 4.74 Å². The fourth-order valence-corrected chi connectivity index (χ4v) is 4.07. The molecule has 0 aromatic heterocycles. The Kier molecular flexibility index (Phi) is 4.21. The second-order valence-corrected chi connectivity index (χ2v) is 7.45. The van der Waals surface area contributed by atoms with E-state index in [0.717, 1.165) is 22.4 Å². The Morgan fingerprint density at radius 1 is 1.07 bits per heavy atom. The molecule has 0 bridgehead atoms. The summed E-state index contributed by atoms with van der Waals surface area (Å²) >= 11 is 6.20. The lowest BCUT2D eigenvalue weighted by molar-refractivity contribution is -0.385. The number of ether oxygens (including phenoxy) is 1. The van der Waals surface area contributed by atoms with Gasteiger partial charge < -0.3 is 4.74 Å². The predicted molar refractivity (Wildman–Crippen MR) is 110 cm³/mol. The Morgan fingerprint density at radius 3 is 2.66 bits per heavy atom. The first-order chi connectivity index (χ1) is 14.1. The summed E-state index contributed by atoms with van der Waals surface area (Å²) in [5.41, 5.74) is 3.64. The summed E-state index contributed by atoms with van der Waals surface area (Å²) in [6.45, 7) is 0. The summed E-state index contributed by atoms with van der Waals surface area (Å²) in [5.74, 6) is 0.631. The maximum Gasteiger partial charge on any atom is 0.270 e. The summed E-state index contributed by atoms with van der Waals surface area (Å²) in [6.07, 6.45) is 0.173. The number of hydrogen-bond acceptors (Lipinski definition) is 5. The zero-order valence-electron chi connectivity index (χ0n) is 15.2. The van der Waals surface area contributed by atoms with Gasteiger partial charge >= 0.3 is 0 Å². The predicted octanol–water partition coefficient (Wildman–Crippen LogP) is 5.49. The molecule has 2 atom stereocenters. The van der Waals surface area contributed by atoms with E-state index in [1.807, 2.05) is 59.6 Å². The summed E-state index contributed by atoms with van der Waals surface area (Å²) < 4.78 is 6.24. The molecule has 0 saturated heterocycles. The Bertz CT molecular complexity index is 1130. The zero-order valence-corrected chi connectivity index (χ0v) is 16.0. The lowest BCUT2D eigenvalue weighted by Crippen LogP contribution is -2.33. The molecule has 6 nitrogen and oxygen atoms in total. The van der Waals surface area contributed by atoms with Gasteiger partial charge in [-0.25, -0.2) is 5.01 Å². The van der Waals surface area contributed by atoms with Gasteiger partial charge in [0.2, 0.25) is 6.23 Å². The molecular formula is C22H16ClN3O3. The molecule has 0 saturated carbocycles. The molecule has 0 amide bonds. The summed E-state index contributed by atoms with van der Waals surface area (Å²) in [4.78, 5) is 10.9. The number of fused-ring (bicyclic) bond motifs is 3. The van der Waals surface area contributed by atoms with Gasteiger partial charge in [-0.1, -0.05) is 54.1 Å². The molecule has 2 heterocycles. The van der Waals surface area contributed by atoms with E-state index in [9.17, 15) is 10.1 Å². The first-order valence-corrected chi connectivity index (χ1v) is 9.59. The SMILES string of the molecule is O=[N+]([O-])c1ccc2c(c1)[C@@H]1CC(c3ccccc3)=NN1[C@H](c1cccc(Cl)c1)O2. The number of halogens is 1. The van der Waals surface area contributed by atoms with Crippen LogP contribution in [0.1, 0.15) is 35.4 Å². The molecule has 0 spiro atoms. The molecule has 3 aromatic rings. The van der Waals surface area contributed by atoms with Crippen LogP contribution in [0.15, 0.2) is 77.9 Å². The molecule has 0 unspecified atom stereocenters. The van der Waals surface area contributed by atoms with E-state index in [2.05, 4.69) is 0 Å². The first kappa shape index (κ1) is 17.7. The molecular weight excluding hydrogens is 390 g/mol. The van der Waals surface area contributed by atoms with Crippen LogP contribution in [-0.2, 0) is 0 Å². The average molecular weight is 406 g/mol. The maximum absolute atomic E-state index is 11.3. The van der Waals surface area contributed by atoms with Gasteiger partial charge in [0.05, 0.1) is 16.7 Å². The normalized spacial score (nSPS) is 19.8. The quantitative estimate of drug-likeness (QED) is 0.426. The molecule has 29 heavy (non-hydrogen) atoms. The second kappa shape index (κ2) is 6.90. The molecule has 5 rings (SSSR count). The topological polar surface area (TPSA) is 68.0 Å². The fourth-order valence-electron chi connectivity index (χ4n) is 3.87. The van der Waals surface area contributed by atoms with Crippen LogP contribution in [0.4, 0.5) is 5.69 Å². The maximum atomic E-state index is 11.3. The third-order valence-electron chi connectivity index (χ3n) is 5.23. The zero-order chi connectivity index (χ0) is 20.0. The van der Waals surface area contributed by atoms with Crippen molar-refractivity contribution in [1.82, 2.24) is 5.01 Å². The van der Waals surface area contributed by atoms with Gasteiger partial charge in [-0.3, -0.25) is 10.1 Å². The summed E-state index contributed by atoms with van der Waals surface area (Å²) in [7, 11) is 0. The number of nitrogens with zero attached hydrogens (tertiary/aromatic N) is 3. The third kappa shape index (κ3) is 3.11. The highest BCUT2D eigenvalue weighted by Gasteiger charge is 2.41. The Morgan fingerprint density at radius 2 is 1.90 bits per heavy atom. The van der Waals surface area contributed by atoms with Gasteiger partial charge in [-0.05, 0) is 23.8 Å². The Hall–Kier alpha value is -3.38. The minimum absolute atomic E-state index is 0.0432. The highest BCUT2D eigenvalue weighted by atomic mass is 35.5. The van der Waals surface area contributed by atoms with E-state index in [1.54, 1.807) is 12.1 Å². The minimum atomic E-state index is -0.464. The standard InChI is InChI=1S/C22H16ClN3O3/c23-16-8-4-7-15(11-16)22-25-20(13-19(24-25)14-5-2-1-3-6-14)18-12-17(26(27)28)9-10-21(18)29-22/h1-12,20,22H,13H2/t20-,22-/m0/s1. The van der Waals surface area contributed by atoms with Gasteiger partial charge in [0.15, 0.2) is 0 Å². The van der Waals surface area contributed by atoms with Gasteiger partial charge in [0, 0.05) is 34.7 Å². The van der Waals surface area contributed by atoms with Crippen molar-refractivity contribution in [2.75, 3.05) is 0 Å². The van der Waals surface area contributed by atoms with Gasteiger partial charge in [0.25, 0.3) is 5.69 Å². The highest BCUT2D eigenvalue weighted by Crippen LogP contribution is 2.48. The molecule has 2 aliphatic heterocycles. The van der Waals surface area contributed by atoms with Crippen molar-refractivity contribution < 1.29 is 9.66 Å². The van der Waals surface area contributed by atoms with E-state index in [0.29, 0.717) is 17.2 Å². The van der Waals surface area contributed by atoms with Gasteiger partial charge in [0.1, 0.15) is 5.75 Å². The minimum Gasteiger partial charge on any atom is -0.464 e. The molecule has 0 aliphatic carbocycles. The van der Waals surface area contributed by atoms with Crippen LogP contribution in [-0.4, -0.2) is 15.6 Å². The van der Waals surface area contributed by atoms with E-state index >= 15 is 0 Å². The molecule has 0 radical (unpaired) electrons. The lowest BCUT2D eigenvalue weighted by atomic mass is 9.95. The van der Waals surface area contributed by atoms with Crippen LogP contribution in [0.25, 0.3) is 0 Å². The smallest absolute Gasteiger partial charge is 0.270 e. The number of benzene rings is 3. The number of nitro benzene ring substituents is 1. The number of rotatable bonds is 3.